The Bertz CT molecular complexity index is 352. The van der Waals surface area contributed by atoms with Crippen LogP contribution in [0.2, 0.25) is 0 Å². The lowest BCUT2D eigenvalue weighted by Crippen LogP contribution is -2.34. The predicted molar refractivity (Wildman–Crippen MR) is 76.1 cm³/mol. The molecule has 102 valence electrons. The van der Waals surface area contributed by atoms with Gasteiger partial charge in [0.05, 0.1) is 6.10 Å². The predicted octanol–water partition coefficient (Wildman–Crippen LogP) is 1.98. The molecule has 0 fully saturated rings. The van der Waals surface area contributed by atoms with Gasteiger partial charge in [0.2, 0.25) is 0 Å². The second-order valence-electron chi connectivity index (χ2n) is 5.11. The van der Waals surface area contributed by atoms with Crippen LogP contribution in [-0.4, -0.2) is 29.2 Å². The molecular weight excluding hydrogens is 224 g/mol. The van der Waals surface area contributed by atoms with E-state index in [0.717, 1.165) is 13.1 Å². The van der Waals surface area contributed by atoms with Crippen molar-refractivity contribution in [2.45, 2.75) is 40.0 Å². The van der Waals surface area contributed by atoms with Gasteiger partial charge in [0.25, 0.3) is 0 Å². The summed E-state index contributed by atoms with van der Waals surface area (Å²) >= 11 is 0. The first-order valence-corrected chi connectivity index (χ1v) is 6.75. The molecule has 1 rings (SSSR count). The summed E-state index contributed by atoms with van der Waals surface area (Å²) in [4.78, 5) is 2.26. The number of hydrogen-bond acceptors (Lipinski definition) is 3. The summed E-state index contributed by atoms with van der Waals surface area (Å²) in [6.45, 7) is 9.29. The molecule has 0 radical (unpaired) electrons. The van der Waals surface area contributed by atoms with Gasteiger partial charge in [-0.15, -0.1) is 0 Å². The molecular formula is C15H26N2O. The normalized spacial score (nSPS) is 13.3. The molecule has 0 amide bonds. The molecule has 0 saturated heterocycles. The van der Waals surface area contributed by atoms with Gasteiger partial charge in [-0.3, -0.25) is 4.90 Å². The van der Waals surface area contributed by atoms with E-state index < -0.39 is 0 Å². The summed E-state index contributed by atoms with van der Waals surface area (Å²) in [6, 6.07) is 8.25. The van der Waals surface area contributed by atoms with Crippen molar-refractivity contribution < 1.29 is 5.11 Å². The van der Waals surface area contributed by atoms with Crippen molar-refractivity contribution in [3.63, 3.8) is 0 Å². The van der Waals surface area contributed by atoms with Crippen LogP contribution in [0, 0.1) is 5.92 Å². The van der Waals surface area contributed by atoms with Crippen LogP contribution in [0.1, 0.15) is 31.9 Å². The van der Waals surface area contributed by atoms with E-state index in [1.54, 1.807) is 0 Å². The third kappa shape index (κ3) is 4.41. The average Bonchev–Trinajstić information content (AvgIpc) is 2.38. The summed E-state index contributed by atoms with van der Waals surface area (Å²) in [6.07, 6.45) is -0.269. The Balaban J connectivity index is 2.67. The summed E-state index contributed by atoms with van der Waals surface area (Å²) in [5, 5.41) is 9.97. The van der Waals surface area contributed by atoms with Crippen molar-refractivity contribution in [3.8, 4) is 0 Å². The Morgan fingerprint density at radius 1 is 1.22 bits per heavy atom. The van der Waals surface area contributed by atoms with Crippen molar-refractivity contribution >= 4 is 0 Å². The lowest BCUT2D eigenvalue weighted by molar-refractivity contribution is 0.0753. The molecule has 18 heavy (non-hydrogen) atoms. The van der Waals surface area contributed by atoms with Crippen molar-refractivity contribution in [1.29, 1.82) is 0 Å². The number of nitrogens with two attached hydrogens (primary N) is 1. The first-order valence-electron chi connectivity index (χ1n) is 6.75. The molecule has 0 heterocycles. The monoisotopic (exact) mass is 250 g/mol. The van der Waals surface area contributed by atoms with Crippen LogP contribution in [0.3, 0.4) is 0 Å². The number of benzene rings is 1. The fraction of sp³-hybridized carbons (Fsp3) is 0.600. The van der Waals surface area contributed by atoms with Gasteiger partial charge >= 0.3 is 0 Å². The molecule has 3 heteroatoms. The zero-order valence-corrected chi connectivity index (χ0v) is 11.8. The highest BCUT2D eigenvalue weighted by Crippen LogP contribution is 2.12. The van der Waals surface area contributed by atoms with Gasteiger partial charge in [-0.25, -0.2) is 0 Å². The Morgan fingerprint density at radius 2 is 1.83 bits per heavy atom. The van der Waals surface area contributed by atoms with Gasteiger partial charge in [-0.2, -0.15) is 0 Å². The molecule has 1 atom stereocenters. The molecule has 1 unspecified atom stereocenters. The summed E-state index contributed by atoms with van der Waals surface area (Å²) < 4.78 is 0. The van der Waals surface area contributed by atoms with E-state index in [4.69, 9.17) is 5.73 Å². The average molecular weight is 250 g/mol. The topological polar surface area (TPSA) is 49.5 Å². The molecule has 0 aliphatic carbocycles. The Hall–Kier alpha value is -0.900. The van der Waals surface area contributed by atoms with E-state index in [9.17, 15) is 5.11 Å². The number of nitrogens with zero attached hydrogens (tertiary/aromatic N) is 1. The third-order valence-electron chi connectivity index (χ3n) is 3.39. The molecule has 0 aromatic heterocycles. The first kappa shape index (κ1) is 15.2. The summed E-state index contributed by atoms with van der Waals surface area (Å²) in [5.41, 5.74) is 8.20. The lowest BCUT2D eigenvalue weighted by atomic mass is 10.0. The molecule has 0 aliphatic heterocycles. The van der Waals surface area contributed by atoms with Gasteiger partial charge in [0.15, 0.2) is 0 Å². The third-order valence-corrected chi connectivity index (χ3v) is 3.39. The molecule has 0 saturated carbocycles. The first-order chi connectivity index (χ1) is 8.58. The van der Waals surface area contributed by atoms with Crippen LogP contribution in [0.4, 0.5) is 0 Å². The lowest BCUT2D eigenvalue weighted by Gasteiger charge is -2.26. The van der Waals surface area contributed by atoms with E-state index >= 15 is 0 Å². The van der Waals surface area contributed by atoms with Crippen molar-refractivity contribution in [2.24, 2.45) is 11.7 Å². The smallest absolute Gasteiger partial charge is 0.0690 e. The molecule has 1 aromatic carbocycles. The van der Waals surface area contributed by atoms with Gasteiger partial charge in [-0.05, 0) is 23.6 Å². The second-order valence-corrected chi connectivity index (χ2v) is 5.11. The van der Waals surface area contributed by atoms with Crippen LogP contribution in [0.15, 0.2) is 24.3 Å². The maximum Gasteiger partial charge on any atom is 0.0690 e. The van der Waals surface area contributed by atoms with Gasteiger partial charge < -0.3 is 10.8 Å². The fourth-order valence-electron chi connectivity index (χ4n) is 1.93. The van der Waals surface area contributed by atoms with Crippen LogP contribution in [0.25, 0.3) is 0 Å². The maximum atomic E-state index is 9.97. The standard InChI is InChI=1S/C15H26N2O/c1-4-17(11-15(18)12(2)3)10-14-8-6-5-7-13(14)9-16/h5-8,12,15,18H,4,9-11,16H2,1-3H3. The number of rotatable bonds is 7. The summed E-state index contributed by atoms with van der Waals surface area (Å²) in [5.74, 6) is 0.295. The largest absolute Gasteiger partial charge is 0.392 e. The molecule has 0 spiro atoms. The van der Waals surface area contributed by atoms with Crippen molar-refractivity contribution in [1.82, 2.24) is 4.90 Å². The van der Waals surface area contributed by atoms with Gasteiger partial charge in [-0.1, -0.05) is 45.0 Å². The zero-order valence-electron chi connectivity index (χ0n) is 11.8. The van der Waals surface area contributed by atoms with E-state index in [0.29, 0.717) is 19.0 Å². The fourth-order valence-corrected chi connectivity index (χ4v) is 1.93. The van der Waals surface area contributed by atoms with Crippen LogP contribution in [0.5, 0.6) is 0 Å². The van der Waals surface area contributed by atoms with E-state index in [-0.39, 0.29) is 6.10 Å². The van der Waals surface area contributed by atoms with Crippen molar-refractivity contribution in [3.05, 3.63) is 35.4 Å². The molecule has 0 aliphatic rings. The molecule has 3 N–H and O–H groups in total. The van der Waals surface area contributed by atoms with Gasteiger partial charge in [0, 0.05) is 19.6 Å². The molecule has 1 aromatic rings. The van der Waals surface area contributed by atoms with Crippen LogP contribution < -0.4 is 5.73 Å². The minimum atomic E-state index is -0.269. The number of aliphatic hydroxyl groups excluding tert-OH is 1. The number of likely N-dealkylation sites (N-methyl/N-ethyl adjacent to an activating group) is 1. The number of aliphatic hydroxyl groups is 1. The Morgan fingerprint density at radius 3 is 2.33 bits per heavy atom. The van der Waals surface area contributed by atoms with E-state index in [2.05, 4.69) is 24.0 Å². The van der Waals surface area contributed by atoms with Crippen molar-refractivity contribution in [2.75, 3.05) is 13.1 Å². The van der Waals surface area contributed by atoms with E-state index in [1.165, 1.54) is 11.1 Å². The highest BCUT2D eigenvalue weighted by Gasteiger charge is 2.14. The van der Waals surface area contributed by atoms with Crippen LogP contribution in [-0.2, 0) is 13.1 Å². The zero-order chi connectivity index (χ0) is 13.5. The SMILES string of the molecule is CCN(Cc1ccccc1CN)CC(O)C(C)C. The highest BCUT2D eigenvalue weighted by molar-refractivity contribution is 5.26. The maximum absolute atomic E-state index is 9.97. The highest BCUT2D eigenvalue weighted by atomic mass is 16.3. The minimum absolute atomic E-state index is 0.269. The van der Waals surface area contributed by atoms with Crippen LogP contribution >= 0.6 is 0 Å². The Kier molecular flexibility index (Phi) is 6.33. The molecule has 3 nitrogen and oxygen atoms in total. The second kappa shape index (κ2) is 7.52. The molecule has 0 bridgehead atoms. The summed E-state index contributed by atoms with van der Waals surface area (Å²) in [7, 11) is 0. The number of hydrogen-bond donors (Lipinski definition) is 2. The van der Waals surface area contributed by atoms with E-state index in [1.807, 2.05) is 26.0 Å². The van der Waals surface area contributed by atoms with Gasteiger partial charge in [0.1, 0.15) is 0 Å². The minimum Gasteiger partial charge on any atom is -0.392 e. The Labute approximate surface area is 111 Å². The quantitative estimate of drug-likeness (QED) is 0.778.